The lowest BCUT2D eigenvalue weighted by molar-refractivity contribution is 0.487. The third kappa shape index (κ3) is 3.49. The van der Waals surface area contributed by atoms with Crippen LogP contribution in [0.3, 0.4) is 0 Å². The van der Waals surface area contributed by atoms with Gasteiger partial charge in [0.25, 0.3) is 0 Å². The first kappa shape index (κ1) is 13.9. The van der Waals surface area contributed by atoms with Crippen molar-refractivity contribution in [1.82, 2.24) is 5.32 Å². The molecule has 1 nitrogen and oxygen atoms in total. The Bertz CT molecular complexity index is 587. The zero-order valence-corrected chi connectivity index (χ0v) is 10.6. The van der Waals surface area contributed by atoms with Gasteiger partial charge in [-0.3, -0.25) is 0 Å². The zero-order chi connectivity index (χ0) is 13.8. The zero-order valence-electron chi connectivity index (χ0n) is 9.89. The molecule has 2 rings (SSSR count). The number of halogens is 4. The molecule has 0 aliphatic rings. The summed E-state index contributed by atoms with van der Waals surface area (Å²) in [6, 6.07) is 8.61. The van der Waals surface area contributed by atoms with Crippen LogP contribution in [0.5, 0.6) is 0 Å². The van der Waals surface area contributed by atoms with E-state index >= 15 is 0 Å². The highest BCUT2D eigenvalue weighted by Crippen LogP contribution is 2.16. The number of hydrogen-bond acceptors (Lipinski definition) is 1. The molecule has 0 spiro atoms. The van der Waals surface area contributed by atoms with Crippen LogP contribution in [0.4, 0.5) is 13.2 Å². The molecular formula is C14H11ClF3N. The van der Waals surface area contributed by atoms with Crippen molar-refractivity contribution in [2.24, 2.45) is 0 Å². The molecule has 0 saturated heterocycles. The normalized spacial score (nSPS) is 10.7. The van der Waals surface area contributed by atoms with Gasteiger partial charge in [0.15, 0.2) is 11.6 Å². The summed E-state index contributed by atoms with van der Waals surface area (Å²) in [6.45, 7) is 0.506. The molecule has 100 valence electrons. The van der Waals surface area contributed by atoms with Gasteiger partial charge in [-0.05, 0) is 17.7 Å². The summed E-state index contributed by atoms with van der Waals surface area (Å²) < 4.78 is 39.1. The van der Waals surface area contributed by atoms with Gasteiger partial charge in [-0.2, -0.15) is 0 Å². The van der Waals surface area contributed by atoms with Crippen LogP contribution in [0, 0.1) is 17.5 Å². The quantitative estimate of drug-likeness (QED) is 0.836. The van der Waals surface area contributed by atoms with E-state index in [0.29, 0.717) is 17.6 Å². The predicted octanol–water partition coefficient (Wildman–Crippen LogP) is 4.05. The van der Waals surface area contributed by atoms with Crippen molar-refractivity contribution in [2.75, 3.05) is 0 Å². The van der Waals surface area contributed by atoms with Crippen LogP contribution in [0.25, 0.3) is 0 Å². The van der Waals surface area contributed by atoms with E-state index in [1.165, 1.54) is 0 Å². The highest BCUT2D eigenvalue weighted by molar-refractivity contribution is 6.31. The van der Waals surface area contributed by atoms with Gasteiger partial charge in [-0.25, -0.2) is 13.2 Å². The van der Waals surface area contributed by atoms with Crippen molar-refractivity contribution < 1.29 is 13.2 Å². The second-order valence-corrected chi connectivity index (χ2v) is 4.46. The smallest absolute Gasteiger partial charge is 0.161 e. The van der Waals surface area contributed by atoms with E-state index in [9.17, 15) is 13.2 Å². The van der Waals surface area contributed by atoms with E-state index < -0.39 is 17.5 Å². The number of rotatable bonds is 4. The van der Waals surface area contributed by atoms with Crippen molar-refractivity contribution >= 4 is 11.6 Å². The molecule has 0 amide bonds. The molecule has 2 aromatic carbocycles. The topological polar surface area (TPSA) is 12.0 Å². The average Bonchev–Trinajstić information content (AvgIpc) is 2.38. The van der Waals surface area contributed by atoms with Crippen LogP contribution in [-0.2, 0) is 13.1 Å². The van der Waals surface area contributed by atoms with Gasteiger partial charge >= 0.3 is 0 Å². The van der Waals surface area contributed by atoms with E-state index in [1.807, 2.05) is 12.1 Å². The van der Waals surface area contributed by atoms with Crippen LogP contribution in [-0.4, -0.2) is 0 Å². The fourth-order valence-electron chi connectivity index (χ4n) is 1.67. The average molecular weight is 286 g/mol. The molecule has 0 atom stereocenters. The van der Waals surface area contributed by atoms with Gasteiger partial charge in [0.2, 0.25) is 0 Å². The maximum Gasteiger partial charge on any atom is 0.161 e. The Morgan fingerprint density at radius 1 is 0.842 bits per heavy atom. The Kier molecular flexibility index (Phi) is 4.45. The molecular weight excluding hydrogens is 275 g/mol. The minimum atomic E-state index is -1.19. The maximum absolute atomic E-state index is 13.4. The van der Waals surface area contributed by atoms with Gasteiger partial charge in [0.1, 0.15) is 5.82 Å². The summed E-state index contributed by atoms with van der Waals surface area (Å²) in [6.07, 6.45) is 0. The lowest BCUT2D eigenvalue weighted by atomic mass is 10.2. The third-order valence-electron chi connectivity index (χ3n) is 2.68. The van der Waals surface area contributed by atoms with E-state index in [-0.39, 0.29) is 12.1 Å². The molecule has 0 unspecified atom stereocenters. The monoisotopic (exact) mass is 285 g/mol. The van der Waals surface area contributed by atoms with Crippen molar-refractivity contribution in [2.45, 2.75) is 13.1 Å². The number of benzene rings is 2. The first-order valence-electron chi connectivity index (χ1n) is 5.65. The summed E-state index contributed by atoms with van der Waals surface area (Å²) in [7, 11) is 0. The molecule has 0 heterocycles. The van der Waals surface area contributed by atoms with E-state index in [2.05, 4.69) is 5.32 Å². The molecule has 2 aromatic rings. The Balaban J connectivity index is 2.00. The summed E-state index contributed by atoms with van der Waals surface area (Å²) >= 11 is 5.96. The van der Waals surface area contributed by atoms with E-state index in [1.54, 1.807) is 12.1 Å². The Morgan fingerprint density at radius 3 is 2.21 bits per heavy atom. The molecule has 1 N–H and O–H groups in total. The molecule has 0 saturated carbocycles. The van der Waals surface area contributed by atoms with Gasteiger partial charge in [0.05, 0.1) is 0 Å². The van der Waals surface area contributed by atoms with E-state index in [4.69, 9.17) is 11.6 Å². The number of hydrogen-bond donors (Lipinski definition) is 1. The van der Waals surface area contributed by atoms with Crippen LogP contribution >= 0.6 is 11.6 Å². The summed E-state index contributed by atoms with van der Waals surface area (Å²) in [5, 5.41) is 3.53. The second kappa shape index (κ2) is 6.08. The lowest BCUT2D eigenvalue weighted by Crippen LogP contribution is -2.14. The molecule has 19 heavy (non-hydrogen) atoms. The van der Waals surface area contributed by atoms with Crippen LogP contribution in [0.1, 0.15) is 11.1 Å². The fourth-order valence-corrected chi connectivity index (χ4v) is 1.88. The van der Waals surface area contributed by atoms with Crippen LogP contribution in [0.2, 0.25) is 5.02 Å². The molecule has 0 bridgehead atoms. The standard InChI is InChI=1S/C14H11ClF3N/c15-11-4-2-1-3-9(11)7-19-8-10-5-13(17)14(18)6-12(10)16/h1-6,19H,7-8H2. The van der Waals surface area contributed by atoms with Gasteiger partial charge in [0, 0.05) is 29.7 Å². The van der Waals surface area contributed by atoms with Crippen molar-refractivity contribution in [3.63, 3.8) is 0 Å². The highest BCUT2D eigenvalue weighted by atomic mass is 35.5. The number of nitrogens with one attached hydrogen (secondary N) is 1. The molecule has 0 fully saturated rings. The van der Waals surface area contributed by atoms with E-state index in [0.717, 1.165) is 11.6 Å². The summed E-state index contributed by atoms with van der Waals surface area (Å²) in [5.41, 5.74) is 0.929. The highest BCUT2D eigenvalue weighted by Gasteiger charge is 2.09. The first-order chi connectivity index (χ1) is 9.08. The fraction of sp³-hybridized carbons (Fsp3) is 0.143. The van der Waals surface area contributed by atoms with Crippen LogP contribution < -0.4 is 5.32 Å². The SMILES string of the molecule is Fc1cc(F)c(CNCc2ccccc2Cl)cc1F. The third-order valence-corrected chi connectivity index (χ3v) is 3.05. The minimum Gasteiger partial charge on any atom is -0.308 e. The first-order valence-corrected chi connectivity index (χ1v) is 6.03. The Morgan fingerprint density at radius 2 is 1.47 bits per heavy atom. The molecule has 5 heteroatoms. The molecule has 0 aliphatic heterocycles. The largest absolute Gasteiger partial charge is 0.308 e. The van der Waals surface area contributed by atoms with Crippen LogP contribution in [0.15, 0.2) is 36.4 Å². The Labute approximate surface area is 114 Å². The summed E-state index contributed by atoms with van der Waals surface area (Å²) in [5.74, 6) is -3.02. The van der Waals surface area contributed by atoms with Crippen molar-refractivity contribution in [3.05, 3.63) is 70.0 Å². The predicted molar refractivity (Wildman–Crippen MR) is 68.3 cm³/mol. The second-order valence-electron chi connectivity index (χ2n) is 4.05. The molecule has 0 aromatic heterocycles. The minimum absolute atomic E-state index is 0.0750. The Hall–Kier alpha value is -1.52. The van der Waals surface area contributed by atoms with Crippen molar-refractivity contribution in [3.8, 4) is 0 Å². The maximum atomic E-state index is 13.4. The summed E-state index contributed by atoms with van der Waals surface area (Å²) in [4.78, 5) is 0. The van der Waals surface area contributed by atoms with Crippen molar-refractivity contribution in [1.29, 1.82) is 0 Å². The lowest BCUT2D eigenvalue weighted by Gasteiger charge is -2.08. The van der Waals surface area contributed by atoms with Gasteiger partial charge in [-0.1, -0.05) is 29.8 Å². The molecule has 0 aliphatic carbocycles. The van der Waals surface area contributed by atoms with Gasteiger partial charge < -0.3 is 5.32 Å². The molecule has 0 radical (unpaired) electrons. The van der Waals surface area contributed by atoms with Gasteiger partial charge in [-0.15, -0.1) is 0 Å².